The van der Waals surface area contributed by atoms with Gasteiger partial charge in [-0.15, -0.1) is 0 Å². The van der Waals surface area contributed by atoms with Crippen molar-refractivity contribution >= 4 is 5.97 Å². The number of rotatable bonds is 3. The van der Waals surface area contributed by atoms with Crippen molar-refractivity contribution in [2.75, 3.05) is 6.61 Å². The normalized spacial score (nSPS) is 48.2. The molecule has 1 aromatic rings. The number of esters is 1. The molecule has 7 rings (SSSR count). The molecule has 6 aliphatic rings. The van der Waals surface area contributed by atoms with Crippen molar-refractivity contribution in [2.24, 2.45) is 11.3 Å². The quantitative estimate of drug-likeness (QED) is 0.844. The van der Waals surface area contributed by atoms with Gasteiger partial charge in [0.25, 0.3) is 0 Å². The number of aliphatic hydroxyl groups is 1. The Bertz CT molecular complexity index is 610. The van der Waals surface area contributed by atoms with E-state index >= 15 is 0 Å². The topological polar surface area (TPSA) is 65.0 Å². The van der Waals surface area contributed by atoms with Gasteiger partial charge < -0.3 is 19.3 Å². The zero-order valence-corrected chi connectivity index (χ0v) is 11.4. The van der Waals surface area contributed by atoms with Gasteiger partial charge in [-0.2, -0.15) is 0 Å². The Morgan fingerprint density at radius 1 is 1.33 bits per heavy atom. The Balaban J connectivity index is 1.39. The average Bonchev–Trinajstić information content (AvgIpc) is 2.75. The zero-order valence-electron chi connectivity index (χ0n) is 11.4. The molecule has 110 valence electrons. The minimum atomic E-state index is -0.883. The van der Waals surface area contributed by atoms with Gasteiger partial charge in [0.15, 0.2) is 6.29 Å². The van der Waals surface area contributed by atoms with Crippen molar-refractivity contribution in [1.29, 1.82) is 0 Å². The van der Waals surface area contributed by atoms with Crippen molar-refractivity contribution in [1.82, 2.24) is 0 Å². The van der Waals surface area contributed by atoms with E-state index in [9.17, 15) is 9.90 Å². The third kappa shape index (κ3) is 1.22. The number of benzene rings is 1. The van der Waals surface area contributed by atoms with Crippen molar-refractivity contribution in [2.45, 2.75) is 36.9 Å². The van der Waals surface area contributed by atoms with Gasteiger partial charge in [0.05, 0.1) is 23.2 Å². The van der Waals surface area contributed by atoms with Crippen LogP contribution in [0.2, 0.25) is 0 Å². The standard InChI is InChI=1S/C16H16O5/c17-13(9-4-2-1-3-5-9)19-8-15-10-7-16(15,18)12-6-11(10)20-14(15)21-12/h1-5,10-12,14,18H,6-8H2/t10-,11+,12-,14?,15-,16-/m0/s1. The van der Waals surface area contributed by atoms with Crippen LogP contribution in [0.5, 0.6) is 0 Å². The molecule has 6 atom stereocenters. The van der Waals surface area contributed by atoms with E-state index in [1.165, 1.54) is 0 Å². The number of hydrogen-bond donors (Lipinski definition) is 1. The number of carbonyl (C=O) groups is 1. The van der Waals surface area contributed by atoms with Crippen LogP contribution in [0, 0.1) is 11.3 Å². The van der Waals surface area contributed by atoms with E-state index in [1.54, 1.807) is 24.3 Å². The molecule has 3 saturated carbocycles. The summed E-state index contributed by atoms with van der Waals surface area (Å²) in [6.45, 7) is 0.166. The van der Waals surface area contributed by atoms with E-state index in [-0.39, 0.29) is 30.7 Å². The largest absolute Gasteiger partial charge is 0.461 e. The number of ether oxygens (including phenoxy) is 3. The SMILES string of the molecule is O=C(OC[C@@]12C3O[C@H]4C[C@@H](O3)[C@@H]1C[C@]42O)c1ccccc1. The van der Waals surface area contributed by atoms with Crippen LogP contribution in [0.1, 0.15) is 23.2 Å². The van der Waals surface area contributed by atoms with Crippen molar-refractivity contribution in [3.8, 4) is 0 Å². The highest BCUT2D eigenvalue weighted by Crippen LogP contribution is 2.74. The molecule has 5 nitrogen and oxygen atoms in total. The van der Waals surface area contributed by atoms with Crippen LogP contribution in [-0.2, 0) is 14.2 Å². The Morgan fingerprint density at radius 3 is 2.95 bits per heavy atom. The van der Waals surface area contributed by atoms with Crippen LogP contribution in [0.4, 0.5) is 0 Å². The van der Waals surface area contributed by atoms with E-state index in [0.29, 0.717) is 12.0 Å². The summed E-state index contributed by atoms with van der Waals surface area (Å²) in [4.78, 5) is 12.1. The summed E-state index contributed by atoms with van der Waals surface area (Å²) < 4.78 is 17.1. The van der Waals surface area contributed by atoms with Crippen LogP contribution >= 0.6 is 0 Å². The minimum Gasteiger partial charge on any atom is -0.461 e. The summed E-state index contributed by atoms with van der Waals surface area (Å²) in [6.07, 6.45) is 1.02. The first kappa shape index (κ1) is 12.1. The Labute approximate surface area is 121 Å². The molecule has 6 fully saturated rings. The molecule has 3 heterocycles. The molecule has 3 aliphatic carbocycles. The first-order valence-corrected chi connectivity index (χ1v) is 7.41. The van der Waals surface area contributed by atoms with Gasteiger partial charge in [-0.1, -0.05) is 18.2 Å². The summed E-state index contributed by atoms with van der Waals surface area (Å²) in [5.74, 6) is -0.117. The maximum atomic E-state index is 12.1. The lowest BCUT2D eigenvalue weighted by molar-refractivity contribution is -0.248. The minimum absolute atomic E-state index is 0.151. The fraction of sp³-hybridized carbons (Fsp3) is 0.562. The van der Waals surface area contributed by atoms with Crippen LogP contribution in [-0.4, -0.2) is 41.8 Å². The summed E-state index contributed by atoms with van der Waals surface area (Å²) in [7, 11) is 0. The Hall–Kier alpha value is -1.43. The second kappa shape index (κ2) is 3.66. The molecule has 0 aromatic heterocycles. The lowest BCUT2D eigenvalue weighted by Gasteiger charge is -2.59. The molecule has 0 radical (unpaired) electrons. The van der Waals surface area contributed by atoms with Gasteiger partial charge >= 0.3 is 5.97 Å². The van der Waals surface area contributed by atoms with Crippen LogP contribution in [0.15, 0.2) is 30.3 Å². The van der Waals surface area contributed by atoms with Gasteiger partial charge in [0.1, 0.15) is 12.2 Å². The van der Waals surface area contributed by atoms with Crippen LogP contribution in [0.3, 0.4) is 0 Å². The number of hydrogen-bond acceptors (Lipinski definition) is 5. The Morgan fingerprint density at radius 2 is 2.14 bits per heavy atom. The van der Waals surface area contributed by atoms with Crippen molar-refractivity contribution < 1.29 is 24.1 Å². The maximum Gasteiger partial charge on any atom is 0.338 e. The molecule has 5 heteroatoms. The molecule has 1 aromatic carbocycles. The van der Waals surface area contributed by atoms with Gasteiger partial charge in [0.2, 0.25) is 0 Å². The van der Waals surface area contributed by atoms with Crippen LogP contribution < -0.4 is 0 Å². The lowest BCUT2D eigenvalue weighted by atomic mass is 9.45. The lowest BCUT2D eigenvalue weighted by Crippen LogP contribution is -2.71. The molecule has 1 unspecified atom stereocenters. The monoisotopic (exact) mass is 288 g/mol. The van der Waals surface area contributed by atoms with Gasteiger partial charge in [-0.05, 0) is 18.6 Å². The third-order valence-electron chi connectivity index (χ3n) is 5.89. The van der Waals surface area contributed by atoms with Crippen molar-refractivity contribution in [3.05, 3.63) is 35.9 Å². The van der Waals surface area contributed by atoms with E-state index in [4.69, 9.17) is 14.2 Å². The summed E-state index contributed by atoms with van der Waals surface area (Å²) in [6, 6.07) is 8.90. The first-order valence-electron chi connectivity index (χ1n) is 7.41. The molecule has 6 bridgehead atoms. The highest BCUT2D eigenvalue weighted by Gasteiger charge is 2.85. The van der Waals surface area contributed by atoms with Gasteiger partial charge in [-0.25, -0.2) is 4.79 Å². The van der Waals surface area contributed by atoms with Gasteiger partial charge in [-0.3, -0.25) is 0 Å². The Kier molecular flexibility index (Phi) is 2.12. The molecular weight excluding hydrogens is 272 g/mol. The van der Waals surface area contributed by atoms with Crippen LogP contribution in [0.25, 0.3) is 0 Å². The summed E-state index contributed by atoms with van der Waals surface area (Å²) >= 11 is 0. The predicted molar refractivity (Wildman–Crippen MR) is 70.4 cm³/mol. The highest BCUT2D eigenvalue weighted by atomic mass is 16.7. The smallest absolute Gasteiger partial charge is 0.338 e. The fourth-order valence-corrected chi connectivity index (χ4v) is 4.78. The number of carbonyl (C=O) groups excluding carboxylic acids is 1. The third-order valence-corrected chi connectivity index (χ3v) is 5.89. The average molecular weight is 288 g/mol. The molecule has 3 saturated heterocycles. The van der Waals surface area contributed by atoms with E-state index < -0.39 is 17.3 Å². The molecule has 3 aliphatic heterocycles. The highest BCUT2D eigenvalue weighted by molar-refractivity contribution is 5.89. The molecule has 0 amide bonds. The summed E-state index contributed by atoms with van der Waals surface area (Å²) in [5, 5.41) is 10.9. The summed E-state index contributed by atoms with van der Waals surface area (Å²) in [5.41, 5.74) is -0.911. The van der Waals surface area contributed by atoms with E-state index in [2.05, 4.69) is 0 Å². The van der Waals surface area contributed by atoms with E-state index in [0.717, 1.165) is 6.42 Å². The second-order valence-corrected chi connectivity index (χ2v) is 6.58. The van der Waals surface area contributed by atoms with E-state index in [1.807, 2.05) is 6.07 Å². The second-order valence-electron chi connectivity index (χ2n) is 6.58. The molecule has 21 heavy (non-hydrogen) atoms. The fourth-order valence-electron chi connectivity index (χ4n) is 4.78. The van der Waals surface area contributed by atoms with Gasteiger partial charge in [0, 0.05) is 12.3 Å². The predicted octanol–water partition coefficient (Wildman–Crippen LogP) is 1.11. The first-order chi connectivity index (χ1) is 10.1. The molecular formula is C16H16O5. The maximum absolute atomic E-state index is 12.1. The zero-order chi connectivity index (χ0) is 14.2. The molecule has 1 N–H and O–H groups in total. The molecule has 0 spiro atoms. The van der Waals surface area contributed by atoms with Crippen molar-refractivity contribution in [3.63, 3.8) is 0 Å².